The first-order valence-electron chi connectivity index (χ1n) is 11.1. The Balaban J connectivity index is 1.33. The van der Waals surface area contributed by atoms with Crippen molar-refractivity contribution in [1.29, 1.82) is 5.26 Å². The highest BCUT2D eigenvalue weighted by molar-refractivity contribution is 5.88. The summed E-state index contributed by atoms with van der Waals surface area (Å²) in [4.78, 5) is 25.3. The molecule has 32 heavy (non-hydrogen) atoms. The quantitative estimate of drug-likeness (QED) is 0.436. The van der Waals surface area contributed by atoms with Gasteiger partial charge in [0.15, 0.2) is 0 Å². The second-order valence-corrected chi connectivity index (χ2v) is 8.40. The van der Waals surface area contributed by atoms with Gasteiger partial charge in [0.25, 0.3) is 0 Å². The fraction of sp³-hybridized carbons (Fsp3) is 0.417. The Morgan fingerprint density at radius 1 is 1.12 bits per heavy atom. The summed E-state index contributed by atoms with van der Waals surface area (Å²) in [5, 5.41) is 20.0. The number of nitrogen functional groups attached to an aromatic ring is 1. The molecule has 2 aliphatic rings. The van der Waals surface area contributed by atoms with Crippen molar-refractivity contribution in [2.45, 2.75) is 44.6 Å². The largest absolute Gasteiger partial charge is 0.382 e. The number of aromatic nitrogens is 2. The van der Waals surface area contributed by atoms with Gasteiger partial charge in [-0.15, -0.1) is 0 Å². The third kappa shape index (κ3) is 4.83. The molecule has 2 unspecified atom stereocenters. The average Bonchev–Trinajstić information content (AvgIpc) is 3.58. The summed E-state index contributed by atoms with van der Waals surface area (Å²) in [6.07, 6.45) is 8.32. The fourth-order valence-electron chi connectivity index (χ4n) is 4.07. The number of nitrogens with zero attached hydrogens (tertiary/aromatic N) is 3. The number of aryl methyl sites for hydroxylation is 1. The normalized spacial score (nSPS) is 19.8. The van der Waals surface area contributed by atoms with Crippen molar-refractivity contribution in [3.8, 4) is 11.8 Å². The maximum absolute atomic E-state index is 12.8. The van der Waals surface area contributed by atoms with E-state index in [4.69, 9.17) is 5.73 Å². The first-order chi connectivity index (χ1) is 15.6. The zero-order valence-electron chi connectivity index (χ0n) is 18.0. The highest BCUT2D eigenvalue weighted by atomic mass is 16.2. The number of hydrogen-bond acceptors (Lipinski definition) is 5. The van der Waals surface area contributed by atoms with E-state index in [0.29, 0.717) is 49.3 Å². The van der Waals surface area contributed by atoms with Gasteiger partial charge in [0.2, 0.25) is 11.8 Å². The molecule has 2 atom stereocenters. The van der Waals surface area contributed by atoms with Crippen molar-refractivity contribution in [2.75, 3.05) is 12.3 Å². The fourth-order valence-corrected chi connectivity index (χ4v) is 4.07. The zero-order valence-corrected chi connectivity index (χ0v) is 18.0. The van der Waals surface area contributed by atoms with Gasteiger partial charge in [0.05, 0.1) is 23.2 Å². The van der Waals surface area contributed by atoms with E-state index in [0.717, 1.165) is 18.5 Å². The molecule has 4 rings (SSSR count). The summed E-state index contributed by atoms with van der Waals surface area (Å²) in [7, 11) is 0. The summed E-state index contributed by atoms with van der Waals surface area (Å²) >= 11 is 0. The van der Waals surface area contributed by atoms with Crippen LogP contribution in [-0.4, -0.2) is 34.2 Å². The number of nitriles is 1. The number of nitrogens with one attached hydrogen (secondary N) is 2. The molecule has 166 valence electrons. The van der Waals surface area contributed by atoms with E-state index in [-0.39, 0.29) is 29.7 Å². The highest BCUT2D eigenvalue weighted by Gasteiger charge is 2.36. The van der Waals surface area contributed by atoms with Crippen molar-refractivity contribution < 1.29 is 9.59 Å². The molecule has 1 fully saturated rings. The van der Waals surface area contributed by atoms with E-state index < -0.39 is 0 Å². The van der Waals surface area contributed by atoms with Crippen LogP contribution >= 0.6 is 0 Å². The van der Waals surface area contributed by atoms with Crippen LogP contribution in [0, 0.1) is 23.2 Å². The van der Waals surface area contributed by atoms with Crippen molar-refractivity contribution in [3.63, 3.8) is 0 Å². The minimum Gasteiger partial charge on any atom is -0.382 e. The Morgan fingerprint density at radius 2 is 1.81 bits per heavy atom. The van der Waals surface area contributed by atoms with E-state index in [1.807, 2.05) is 42.5 Å². The maximum atomic E-state index is 12.8. The van der Waals surface area contributed by atoms with Crippen LogP contribution in [0.5, 0.6) is 0 Å². The number of carbonyl (C=O) groups excluding carboxylic acids is 2. The van der Waals surface area contributed by atoms with Gasteiger partial charge in [-0.2, -0.15) is 10.4 Å². The van der Waals surface area contributed by atoms with Crippen molar-refractivity contribution >= 4 is 17.6 Å². The second kappa shape index (κ2) is 9.69. The van der Waals surface area contributed by atoms with Gasteiger partial charge >= 0.3 is 0 Å². The number of nitrogens with two attached hydrogens (primary N) is 1. The molecule has 1 heterocycles. The average molecular weight is 433 g/mol. The summed E-state index contributed by atoms with van der Waals surface area (Å²) in [5.74, 6) is -0.456. The van der Waals surface area contributed by atoms with E-state index >= 15 is 0 Å². The standard InChI is InChI=1S/C24H28N6O2/c25-15-20-21(29-30(22(20)26)17-7-2-1-3-8-17)11-6-14-27-23(31)18-9-4-5-10-19(18)24(32)28-16-12-13-16/h1-5,7-8,16,18-19H,6,9-14,26H2,(H,27,31)(H,28,32). The smallest absolute Gasteiger partial charge is 0.224 e. The molecule has 2 aromatic rings. The monoisotopic (exact) mass is 432 g/mol. The number of anilines is 1. The topological polar surface area (TPSA) is 126 Å². The second-order valence-electron chi connectivity index (χ2n) is 8.40. The molecule has 1 saturated carbocycles. The van der Waals surface area contributed by atoms with Crippen LogP contribution in [0.1, 0.15) is 43.4 Å². The Hall–Kier alpha value is -3.60. The number of amides is 2. The van der Waals surface area contributed by atoms with E-state index in [9.17, 15) is 14.9 Å². The van der Waals surface area contributed by atoms with Crippen LogP contribution in [0.15, 0.2) is 42.5 Å². The molecular weight excluding hydrogens is 404 g/mol. The summed E-state index contributed by atoms with van der Waals surface area (Å²) < 4.78 is 1.57. The highest BCUT2D eigenvalue weighted by Crippen LogP contribution is 2.28. The Morgan fingerprint density at radius 3 is 2.47 bits per heavy atom. The van der Waals surface area contributed by atoms with Crippen LogP contribution in [0.3, 0.4) is 0 Å². The van der Waals surface area contributed by atoms with Crippen molar-refractivity contribution in [3.05, 3.63) is 53.7 Å². The van der Waals surface area contributed by atoms with Crippen LogP contribution in [0.2, 0.25) is 0 Å². The number of para-hydroxylation sites is 1. The number of rotatable bonds is 8. The van der Waals surface area contributed by atoms with Crippen LogP contribution in [-0.2, 0) is 16.0 Å². The van der Waals surface area contributed by atoms with Gasteiger partial charge in [-0.3, -0.25) is 9.59 Å². The molecule has 8 heteroatoms. The third-order valence-corrected chi connectivity index (χ3v) is 6.03. The Labute approximate surface area is 187 Å². The minimum absolute atomic E-state index is 0.0161. The molecule has 1 aromatic carbocycles. The predicted molar refractivity (Wildman–Crippen MR) is 121 cm³/mol. The van der Waals surface area contributed by atoms with Gasteiger partial charge in [-0.1, -0.05) is 30.4 Å². The summed E-state index contributed by atoms with van der Waals surface area (Å²) in [6.45, 7) is 0.443. The van der Waals surface area contributed by atoms with Gasteiger partial charge in [0.1, 0.15) is 17.5 Å². The lowest BCUT2D eigenvalue weighted by Crippen LogP contribution is -2.43. The number of carbonyl (C=O) groups is 2. The predicted octanol–water partition coefficient (Wildman–Crippen LogP) is 2.24. The summed E-state index contributed by atoms with van der Waals surface area (Å²) in [6, 6.07) is 11.9. The molecule has 8 nitrogen and oxygen atoms in total. The van der Waals surface area contributed by atoms with Crippen LogP contribution in [0.25, 0.3) is 5.69 Å². The van der Waals surface area contributed by atoms with E-state index in [1.165, 1.54) is 0 Å². The molecule has 0 aliphatic heterocycles. The number of allylic oxidation sites excluding steroid dienone is 2. The van der Waals surface area contributed by atoms with Gasteiger partial charge in [-0.25, -0.2) is 4.68 Å². The van der Waals surface area contributed by atoms with Crippen molar-refractivity contribution in [2.24, 2.45) is 11.8 Å². The van der Waals surface area contributed by atoms with Crippen LogP contribution < -0.4 is 16.4 Å². The van der Waals surface area contributed by atoms with Gasteiger partial charge in [0, 0.05) is 12.6 Å². The molecule has 2 aliphatic carbocycles. The minimum atomic E-state index is -0.346. The Kier molecular flexibility index (Phi) is 6.55. The van der Waals surface area contributed by atoms with Gasteiger partial charge in [-0.05, 0) is 50.7 Å². The van der Waals surface area contributed by atoms with Crippen molar-refractivity contribution in [1.82, 2.24) is 20.4 Å². The molecule has 0 bridgehead atoms. The van der Waals surface area contributed by atoms with Crippen LogP contribution in [0.4, 0.5) is 5.82 Å². The molecule has 0 radical (unpaired) electrons. The molecule has 2 amide bonds. The molecule has 0 saturated heterocycles. The molecular formula is C24H28N6O2. The number of hydrogen-bond donors (Lipinski definition) is 3. The van der Waals surface area contributed by atoms with E-state index in [1.54, 1.807) is 4.68 Å². The van der Waals surface area contributed by atoms with Gasteiger partial charge < -0.3 is 16.4 Å². The zero-order chi connectivity index (χ0) is 22.5. The van der Waals surface area contributed by atoms with E-state index in [2.05, 4.69) is 21.8 Å². The maximum Gasteiger partial charge on any atom is 0.224 e. The first-order valence-corrected chi connectivity index (χ1v) is 11.1. The SMILES string of the molecule is N#Cc1c(CCCNC(=O)C2CC=CCC2C(=O)NC2CC2)nn(-c2ccccc2)c1N. The number of benzene rings is 1. The Bertz CT molecular complexity index is 1050. The lowest BCUT2D eigenvalue weighted by Gasteiger charge is -2.26. The molecule has 4 N–H and O–H groups in total. The summed E-state index contributed by atoms with van der Waals surface area (Å²) in [5.41, 5.74) is 7.92. The first kappa shape index (κ1) is 21.6. The third-order valence-electron chi connectivity index (χ3n) is 6.03. The molecule has 0 spiro atoms. The molecule has 1 aromatic heterocycles. The lowest BCUT2D eigenvalue weighted by molar-refractivity contribution is -0.135. The lowest BCUT2D eigenvalue weighted by atomic mass is 9.81.